The van der Waals surface area contributed by atoms with Crippen LogP contribution in [0, 0.1) is 0 Å². The molecule has 0 radical (unpaired) electrons. The Morgan fingerprint density at radius 2 is 1.04 bits per heavy atom. The molecule has 1 heteroatoms. The Morgan fingerprint density at radius 1 is 0.640 bits per heavy atom. The average Bonchev–Trinajstić information content (AvgIpc) is 3.04. The van der Waals surface area contributed by atoms with E-state index in [-0.39, 0.29) is 0 Å². The van der Waals surface area contributed by atoms with E-state index in [0.717, 1.165) is 12.8 Å². The molecule has 0 heterocycles. The Hall–Kier alpha value is -1.54. The van der Waals surface area contributed by atoms with E-state index in [1.54, 1.807) is 31.1 Å². The summed E-state index contributed by atoms with van der Waals surface area (Å²) in [5, 5.41) is 0. The fourth-order valence-electron chi connectivity index (χ4n) is 4.83. The zero-order chi connectivity index (χ0) is 17.9. The Labute approximate surface area is 155 Å². The van der Waals surface area contributed by atoms with Gasteiger partial charge >= 0.3 is 155 Å². The molecule has 0 amide bonds. The average molecular weight is 389 g/mol. The van der Waals surface area contributed by atoms with Gasteiger partial charge in [0.25, 0.3) is 0 Å². The summed E-state index contributed by atoms with van der Waals surface area (Å²) in [4.78, 5) is 0. The molecule has 0 saturated heterocycles. The Morgan fingerprint density at radius 3 is 1.44 bits per heavy atom. The molecule has 0 bridgehead atoms. The van der Waals surface area contributed by atoms with Crippen molar-refractivity contribution in [3.05, 3.63) is 69.8 Å². The molecular weight excluding hydrogens is 361 g/mol. The van der Waals surface area contributed by atoms with Gasteiger partial charge in [-0.15, -0.1) is 0 Å². The van der Waals surface area contributed by atoms with Crippen molar-refractivity contribution in [2.75, 3.05) is 0 Å². The zero-order valence-corrected chi connectivity index (χ0v) is 18.5. The molecule has 2 aliphatic carbocycles. The third kappa shape index (κ3) is 2.41. The Kier molecular flexibility index (Phi) is 3.88. The summed E-state index contributed by atoms with van der Waals surface area (Å²) in [6.45, 7) is 9.19. The summed E-state index contributed by atoms with van der Waals surface area (Å²) in [5.41, 5.74) is 12.4. The van der Waals surface area contributed by atoms with Gasteiger partial charge in [0, 0.05) is 0 Å². The van der Waals surface area contributed by atoms with Gasteiger partial charge in [0.1, 0.15) is 0 Å². The minimum atomic E-state index is -2.36. The SMILES string of the molecule is CC1=C(C)c2ccc[c]([Ge]([CH3])([CH3])[c]3cccc4c3CC(C)=C4C)c2C1. The maximum absolute atomic E-state index is 2.59. The minimum absolute atomic E-state index is 1.15. The summed E-state index contributed by atoms with van der Waals surface area (Å²) >= 11 is -2.36. The van der Waals surface area contributed by atoms with Crippen LogP contribution in [-0.2, 0) is 12.8 Å². The van der Waals surface area contributed by atoms with Gasteiger partial charge in [-0.3, -0.25) is 0 Å². The van der Waals surface area contributed by atoms with Crippen molar-refractivity contribution in [2.45, 2.75) is 52.0 Å². The molecule has 0 unspecified atom stereocenters. The first-order valence-electron chi connectivity index (χ1n) is 9.40. The van der Waals surface area contributed by atoms with Crippen LogP contribution in [-0.4, -0.2) is 13.3 Å². The van der Waals surface area contributed by atoms with Gasteiger partial charge < -0.3 is 0 Å². The summed E-state index contributed by atoms with van der Waals surface area (Å²) in [6.07, 6.45) is 2.30. The van der Waals surface area contributed by atoms with E-state index in [1.807, 2.05) is 0 Å². The van der Waals surface area contributed by atoms with Crippen LogP contribution in [0.25, 0.3) is 11.1 Å². The number of benzene rings is 2. The van der Waals surface area contributed by atoms with Crippen LogP contribution in [0.3, 0.4) is 0 Å². The topological polar surface area (TPSA) is 0 Å². The summed E-state index contributed by atoms with van der Waals surface area (Å²) < 4.78 is 3.37. The van der Waals surface area contributed by atoms with Crippen molar-refractivity contribution in [3.8, 4) is 0 Å². The molecule has 25 heavy (non-hydrogen) atoms. The third-order valence-electron chi connectivity index (χ3n) is 6.67. The molecule has 0 spiro atoms. The fourth-order valence-corrected chi connectivity index (χ4v) is 11.7. The molecule has 0 saturated carbocycles. The van der Waals surface area contributed by atoms with Crippen molar-refractivity contribution in [1.29, 1.82) is 0 Å². The molecule has 0 N–H and O–H groups in total. The Bertz CT molecular complexity index is 877. The second-order valence-electron chi connectivity index (χ2n) is 8.45. The zero-order valence-electron chi connectivity index (χ0n) is 16.4. The van der Waals surface area contributed by atoms with E-state index in [0.29, 0.717) is 0 Å². The van der Waals surface area contributed by atoms with Crippen LogP contribution in [0.5, 0.6) is 0 Å². The number of fused-ring (bicyclic) bond motifs is 2. The van der Waals surface area contributed by atoms with Crippen LogP contribution >= 0.6 is 0 Å². The van der Waals surface area contributed by atoms with Gasteiger partial charge in [-0.25, -0.2) is 0 Å². The van der Waals surface area contributed by atoms with Gasteiger partial charge in [0.2, 0.25) is 0 Å². The van der Waals surface area contributed by atoms with Crippen LogP contribution < -0.4 is 8.79 Å². The molecule has 0 fully saturated rings. The molecule has 4 rings (SSSR count). The number of rotatable bonds is 2. The molecular formula is C24H28Ge. The van der Waals surface area contributed by atoms with E-state index in [1.165, 1.54) is 22.3 Å². The van der Waals surface area contributed by atoms with Crippen molar-refractivity contribution in [1.82, 2.24) is 0 Å². The number of allylic oxidation sites excluding steroid dienone is 4. The van der Waals surface area contributed by atoms with Gasteiger partial charge in [-0.2, -0.15) is 0 Å². The van der Waals surface area contributed by atoms with Crippen LogP contribution in [0.1, 0.15) is 49.9 Å². The van der Waals surface area contributed by atoms with Crippen molar-refractivity contribution in [2.24, 2.45) is 0 Å². The van der Waals surface area contributed by atoms with Crippen molar-refractivity contribution < 1.29 is 0 Å². The first-order chi connectivity index (χ1) is 11.8. The molecule has 0 aromatic heterocycles. The van der Waals surface area contributed by atoms with E-state index < -0.39 is 13.3 Å². The summed E-state index contributed by atoms with van der Waals surface area (Å²) in [5.74, 6) is 5.19. The fraction of sp³-hybridized carbons (Fsp3) is 0.333. The number of hydrogen-bond donors (Lipinski definition) is 0. The second-order valence-corrected chi connectivity index (χ2v) is 17.5. The molecule has 0 nitrogen and oxygen atoms in total. The van der Waals surface area contributed by atoms with E-state index in [4.69, 9.17) is 0 Å². The molecule has 2 aliphatic rings. The predicted molar refractivity (Wildman–Crippen MR) is 114 cm³/mol. The summed E-state index contributed by atoms with van der Waals surface area (Å²) in [7, 11) is 0. The van der Waals surface area contributed by atoms with Gasteiger partial charge in [-0.1, -0.05) is 0 Å². The van der Waals surface area contributed by atoms with Gasteiger partial charge in [-0.05, 0) is 0 Å². The summed E-state index contributed by atoms with van der Waals surface area (Å²) in [6, 6.07) is 14.1. The number of hydrogen-bond acceptors (Lipinski definition) is 0. The molecule has 0 aliphatic heterocycles. The second kappa shape index (κ2) is 5.74. The monoisotopic (exact) mass is 390 g/mol. The quantitative estimate of drug-likeness (QED) is 0.619. The van der Waals surface area contributed by atoms with Crippen LogP contribution in [0.15, 0.2) is 47.5 Å². The predicted octanol–water partition coefficient (Wildman–Crippen LogP) is 5.21. The van der Waals surface area contributed by atoms with E-state index in [2.05, 4.69) is 75.6 Å². The molecule has 0 atom stereocenters. The molecule has 128 valence electrons. The normalized spacial score (nSPS) is 16.6. The molecule has 2 aromatic rings. The standard InChI is InChI=1S/C24H28Ge/c1-15-13-21-19(17(15)3)9-7-11-23(21)25(5,6)24-12-8-10-20-18(4)16(2)14-22(20)24/h7-12H,13-14H2,1-6H3. The first kappa shape index (κ1) is 16.9. The van der Waals surface area contributed by atoms with Crippen LogP contribution in [0.2, 0.25) is 11.5 Å². The van der Waals surface area contributed by atoms with Crippen LogP contribution in [0.4, 0.5) is 0 Å². The van der Waals surface area contributed by atoms with E-state index in [9.17, 15) is 0 Å². The van der Waals surface area contributed by atoms with Gasteiger partial charge in [0.05, 0.1) is 0 Å². The maximum atomic E-state index is 2.59. The molecule has 2 aromatic carbocycles. The van der Waals surface area contributed by atoms with E-state index >= 15 is 0 Å². The van der Waals surface area contributed by atoms with Gasteiger partial charge in [0.15, 0.2) is 0 Å². The first-order valence-corrected chi connectivity index (χ1v) is 15.7. The van der Waals surface area contributed by atoms with Crippen molar-refractivity contribution >= 4 is 33.2 Å². The van der Waals surface area contributed by atoms with Crippen molar-refractivity contribution in [3.63, 3.8) is 0 Å². The third-order valence-corrected chi connectivity index (χ3v) is 14.3. The Balaban J connectivity index is 1.88.